The van der Waals surface area contributed by atoms with Gasteiger partial charge in [-0.2, -0.15) is 8.42 Å². The van der Waals surface area contributed by atoms with Gasteiger partial charge in [0.25, 0.3) is 10.1 Å². The van der Waals surface area contributed by atoms with Gasteiger partial charge in [0.1, 0.15) is 19.0 Å². The van der Waals surface area contributed by atoms with Crippen molar-refractivity contribution in [3.8, 4) is 0 Å². The van der Waals surface area contributed by atoms with Crippen molar-refractivity contribution in [3.63, 3.8) is 0 Å². The van der Waals surface area contributed by atoms with Crippen LogP contribution in [0, 0.1) is 0 Å². The van der Waals surface area contributed by atoms with Gasteiger partial charge in [-0.25, -0.2) is 4.79 Å². The molecule has 0 spiro atoms. The number of carbonyl (C=O) groups excluding carboxylic acids is 2. The number of carbonyl (C=O) groups is 2. The Kier molecular flexibility index (Phi) is 8.14. The van der Waals surface area contributed by atoms with Crippen molar-refractivity contribution in [2.45, 2.75) is 6.42 Å². The van der Waals surface area contributed by atoms with E-state index in [4.69, 9.17) is 9.29 Å². The fourth-order valence-corrected chi connectivity index (χ4v) is 3.25. The second kappa shape index (κ2) is 9.11. The van der Waals surface area contributed by atoms with Gasteiger partial charge in [0.05, 0.1) is 12.0 Å². The van der Waals surface area contributed by atoms with E-state index in [1.807, 2.05) is 0 Å². The first-order valence-electron chi connectivity index (χ1n) is 6.02. The predicted molar refractivity (Wildman–Crippen MR) is 91.8 cm³/mol. The molecule has 1 rings (SSSR count). The van der Waals surface area contributed by atoms with Crippen LogP contribution in [0.25, 0.3) is 0 Å². The Hall–Kier alpha value is -0.490. The summed E-state index contributed by atoms with van der Waals surface area (Å²) in [5.74, 6) is -2.06. The number of halogens is 3. The van der Waals surface area contributed by atoms with E-state index < -0.39 is 34.4 Å². The number of hydrogen-bond acceptors (Lipinski definition) is 6. The van der Waals surface area contributed by atoms with Crippen molar-refractivity contribution < 1.29 is 32.0 Å². The number of ether oxygens (including phenoxy) is 2. The summed E-state index contributed by atoms with van der Waals surface area (Å²) in [6.07, 6.45) is -0.232. The Labute approximate surface area is 157 Å². The second-order valence-corrected chi connectivity index (χ2v) is 8.28. The molecule has 7 nitrogen and oxygen atoms in total. The zero-order chi connectivity index (χ0) is 17.6. The fourth-order valence-electron chi connectivity index (χ4n) is 1.34. The molecule has 0 aliphatic carbocycles. The quantitative estimate of drug-likeness (QED) is 0.323. The summed E-state index contributed by atoms with van der Waals surface area (Å²) in [4.78, 5) is 23.2. The summed E-state index contributed by atoms with van der Waals surface area (Å²) in [6, 6.07) is 3.30. The molecule has 0 aliphatic rings. The van der Waals surface area contributed by atoms with Crippen LogP contribution >= 0.6 is 47.8 Å². The molecule has 0 unspecified atom stereocenters. The third kappa shape index (κ3) is 7.75. The number of rotatable bonds is 7. The molecule has 0 saturated heterocycles. The van der Waals surface area contributed by atoms with Gasteiger partial charge in [-0.1, -0.05) is 15.9 Å². The molecule has 0 atom stereocenters. The molecule has 1 aromatic rings. The summed E-state index contributed by atoms with van der Waals surface area (Å²) in [7, 11) is -4.18. The van der Waals surface area contributed by atoms with E-state index >= 15 is 0 Å². The molecule has 0 heterocycles. The zero-order valence-corrected chi connectivity index (χ0v) is 17.0. The van der Waals surface area contributed by atoms with E-state index in [9.17, 15) is 18.0 Å². The van der Waals surface area contributed by atoms with Gasteiger partial charge in [0.2, 0.25) is 0 Å². The molecule has 0 aromatic heterocycles. The second-order valence-electron chi connectivity index (χ2n) is 4.14. The number of benzene rings is 1. The lowest BCUT2D eigenvalue weighted by Crippen LogP contribution is -2.17. The smallest absolute Gasteiger partial charge is 0.339 e. The van der Waals surface area contributed by atoms with Gasteiger partial charge < -0.3 is 9.47 Å². The van der Waals surface area contributed by atoms with Crippen LogP contribution in [-0.2, 0) is 24.4 Å². The summed E-state index contributed by atoms with van der Waals surface area (Å²) < 4.78 is 40.7. The highest BCUT2D eigenvalue weighted by atomic mass is 79.9. The first-order chi connectivity index (χ1) is 10.6. The van der Waals surface area contributed by atoms with Crippen molar-refractivity contribution in [2.24, 2.45) is 0 Å². The third-order valence-electron chi connectivity index (χ3n) is 2.36. The molecular formula is C12H11Br3O7S. The van der Waals surface area contributed by atoms with E-state index in [0.29, 0.717) is 13.4 Å². The topological polar surface area (TPSA) is 107 Å². The lowest BCUT2D eigenvalue weighted by molar-refractivity contribution is -0.143. The van der Waals surface area contributed by atoms with Crippen molar-refractivity contribution in [1.82, 2.24) is 0 Å². The summed E-state index contributed by atoms with van der Waals surface area (Å²) >= 11 is 9.77. The Morgan fingerprint density at radius 1 is 1.09 bits per heavy atom. The van der Waals surface area contributed by atoms with Crippen molar-refractivity contribution in [3.05, 3.63) is 31.1 Å². The Balaban J connectivity index is 2.44. The molecule has 128 valence electrons. The molecule has 0 fully saturated rings. The first-order valence-corrected chi connectivity index (χ1v) is 10.0. The number of esters is 2. The monoisotopic (exact) mass is 536 g/mol. The summed E-state index contributed by atoms with van der Waals surface area (Å²) in [5, 5.41) is 0. The molecule has 0 saturated carbocycles. The molecule has 11 heteroatoms. The largest absolute Gasteiger partial charge is 0.464 e. The van der Waals surface area contributed by atoms with Crippen molar-refractivity contribution in [2.75, 3.05) is 19.0 Å². The SMILES string of the molecule is O=C(CCOC(=O)c1cc(Br)cc(Br)c1Br)OCCS(=O)(=O)O. The summed E-state index contributed by atoms with van der Waals surface area (Å²) in [6.45, 7) is -0.685. The maximum atomic E-state index is 11.9. The highest BCUT2D eigenvalue weighted by Crippen LogP contribution is 2.31. The van der Waals surface area contributed by atoms with Crippen LogP contribution in [0.3, 0.4) is 0 Å². The Morgan fingerprint density at radius 2 is 1.74 bits per heavy atom. The van der Waals surface area contributed by atoms with Crippen LogP contribution in [-0.4, -0.2) is 43.9 Å². The van der Waals surface area contributed by atoms with Gasteiger partial charge in [-0.05, 0) is 44.0 Å². The molecule has 0 bridgehead atoms. The molecule has 1 N–H and O–H groups in total. The minimum absolute atomic E-state index is 0.222. The maximum absolute atomic E-state index is 11.9. The van der Waals surface area contributed by atoms with Crippen LogP contribution in [0.15, 0.2) is 25.6 Å². The van der Waals surface area contributed by atoms with Crippen LogP contribution in [0.1, 0.15) is 16.8 Å². The lowest BCUT2D eigenvalue weighted by Gasteiger charge is -2.08. The third-order valence-corrected chi connectivity index (χ3v) is 5.51. The van der Waals surface area contributed by atoms with Crippen molar-refractivity contribution in [1.29, 1.82) is 0 Å². The standard InChI is InChI=1S/C12H11Br3O7S/c13-7-5-8(11(15)9(14)6-7)12(17)22-2-1-10(16)21-3-4-23(18,19)20/h5-6H,1-4H2,(H,18,19,20). The van der Waals surface area contributed by atoms with Gasteiger partial charge in [0.15, 0.2) is 0 Å². The normalized spacial score (nSPS) is 11.1. The summed E-state index contributed by atoms with van der Waals surface area (Å²) in [5.41, 5.74) is 0.269. The van der Waals surface area contributed by atoms with E-state index in [1.165, 1.54) is 0 Å². The van der Waals surface area contributed by atoms with Gasteiger partial charge in [-0.3, -0.25) is 9.35 Å². The lowest BCUT2D eigenvalue weighted by atomic mass is 10.2. The van der Waals surface area contributed by atoms with Crippen molar-refractivity contribution >= 4 is 69.8 Å². The van der Waals surface area contributed by atoms with Gasteiger partial charge in [-0.15, -0.1) is 0 Å². The van der Waals surface area contributed by atoms with Gasteiger partial charge >= 0.3 is 11.9 Å². The fraction of sp³-hybridized carbons (Fsp3) is 0.333. The highest BCUT2D eigenvalue weighted by molar-refractivity contribution is 9.13. The van der Waals surface area contributed by atoms with Crippen LogP contribution in [0.5, 0.6) is 0 Å². The Bertz CT molecular complexity index is 703. The van der Waals surface area contributed by atoms with E-state index in [-0.39, 0.29) is 18.6 Å². The van der Waals surface area contributed by atoms with Gasteiger partial charge in [0, 0.05) is 13.4 Å². The van der Waals surface area contributed by atoms with Crippen LogP contribution in [0.4, 0.5) is 0 Å². The maximum Gasteiger partial charge on any atom is 0.339 e. The molecule has 1 aromatic carbocycles. The van der Waals surface area contributed by atoms with E-state index in [0.717, 1.165) is 0 Å². The molecule has 0 radical (unpaired) electrons. The first kappa shape index (κ1) is 20.6. The number of hydrogen-bond donors (Lipinski definition) is 1. The molecular weight excluding hydrogens is 528 g/mol. The average Bonchev–Trinajstić information content (AvgIpc) is 2.41. The molecule has 23 heavy (non-hydrogen) atoms. The average molecular weight is 539 g/mol. The van der Waals surface area contributed by atoms with E-state index in [2.05, 4.69) is 52.5 Å². The van der Waals surface area contributed by atoms with Crippen LogP contribution in [0.2, 0.25) is 0 Å². The zero-order valence-electron chi connectivity index (χ0n) is 11.4. The highest BCUT2D eigenvalue weighted by Gasteiger charge is 2.16. The van der Waals surface area contributed by atoms with Crippen LogP contribution < -0.4 is 0 Å². The Morgan fingerprint density at radius 3 is 2.35 bits per heavy atom. The van der Waals surface area contributed by atoms with E-state index in [1.54, 1.807) is 12.1 Å². The minimum Gasteiger partial charge on any atom is -0.464 e. The molecule has 0 amide bonds. The predicted octanol–water partition coefficient (Wildman–Crippen LogP) is 2.95. The minimum atomic E-state index is -4.18. The molecule has 0 aliphatic heterocycles.